The summed E-state index contributed by atoms with van der Waals surface area (Å²) in [6.45, 7) is 0.521. The molecular weight excluding hydrogens is 371 g/mol. The summed E-state index contributed by atoms with van der Waals surface area (Å²) in [6, 6.07) is 11.6. The van der Waals surface area contributed by atoms with E-state index in [0.29, 0.717) is 41.7 Å². The van der Waals surface area contributed by atoms with Crippen molar-refractivity contribution in [1.82, 2.24) is 24.7 Å². The topological polar surface area (TPSA) is 91.7 Å². The minimum atomic E-state index is -0.421. The van der Waals surface area contributed by atoms with Gasteiger partial charge in [-0.15, -0.1) is 0 Å². The van der Waals surface area contributed by atoms with Gasteiger partial charge in [0.25, 0.3) is 0 Å². The van der Waals surface area contributed by atoms with E-state index in [4.69, 9.17) is 10.5 Å². The zero-order valence-electron chi connectivity index (χ0n) is 15.8. The average Bonchev–Trinajstić information content (AvgIpc) is 3.10. The highest BCUT2D eigenvalue weighted by Crippen LogP contribution is 2.33. The Hall–Kier alpha value is -3.65. The molecule has 0 unspecified atom stereocenters. The monoisotopic (exact) mass is 390 g/mol. The van der Waals surface area contributed by atoms with Crippen molar-refractivity contribution in [3.63, 3.8) is 0 Å². The number of aromatic nitrogens is 5. The molecule has 8 heteroatoms. The summed E-state index contributed by atoms with van der Waals surface area (Å²) >= 11 is 0. The third-order valence-electron chi connectivity index (χ3n) is 4.30. The number of benzene rings is 1. The van der Waals surface area contributed by atoms with Crippen LogP contribution < -0.4 is 10.5 Å². The molecule has 0 bridgehead atoms. The highest BCUT2D eigenvalue weighted by atomic mass is 19.1. The lowest BCUT2D eigenvalue weighted by Gasteiger charge is -2.10. The van der Waals surface area contributed by atoms with Crippen molar-refractivity contribution in [2.24, 2.45) is 12.8 Å². The first-order valence-corrected chi connectivity index (χ1v) is 9.08. The van der Waals surface area contributed by atoms with Crippen LogP contribution in [0.2, 0.25) is 0 Å². The molecule has 0 aliphatic rings. The fraction of sp³-hybridized carbons (Fsp3) is 0.143. The molecular formula is C21H19FN6O. The third-order valence-corrected chi connectivity index (χ3v) is 4.30. The summed E-state index contributed by atoms with van der Waals surface area (Å²) in [6.07, 6.45) is 5.82. The summed E-state index contributed by atoms with van der Waals surface area (Å²) in [5.41, 5.74) is 8.45. The van der Waals surface area contributed by atoms with Gasteiger partial charge in [0.15, 0.2) is 5.82 Å². The van der Waals surface area contributed by atoms with Crippen LogP contribution in [0.5, 0.6) is 11.6 Å². The summed E-state index contributed by atoms with van der Waals surface area (Å²) in [4.78, 5) is 13.0. The van der Waals surface area contributed by atoms with Crippen molar-refractivity contribution >= 4 is 0 Å². The number of nitrogens with zero attached hydrogens (tertiary/aromatic N) is 5. The minimum Gasteiger partial charge on any atom is -0.438 e. The van der Waals surface area contributed by atoms with Crippen LogP contribution in [0.15, 0.2) is 61.1 Å². The molecule has 0 aliphatic heterocycles. The van der Waals surface area contributed by atoms with Gasteiger partial charge in [-0.25, -0.2) is 19.0 Å². The zero-order chi connectivity index (χ0) is 20.2. The maximum Gasteiger partial charge on any atom is 0.218 e. The van der Waals surface area contributed by atoms with Gasteiger partial charge in [-0.1, -0.05) is 6.07 Å². The molecule has 0 amide bonds. The summed E-state index contributed by atoms with van der Waals surface area (Å²) in [7, 11) is 1.75. The number of rotatable bonds is 6. The first-order chi connectivity index (χ1) is 14.1. The molecule has 0 radical (unpaired) electrons. The standard InChI is InChI=1S/C21H19FN6O/c1-28-20(11-18(27-28)17-4-2-3-9-24-17)29-19-10-15(22)5-6-16(19)21-25-12-14(7-8-23)13-26-21/h2-6,9-13H,7-8,23H2,1H3. The molecule has 146 valence electrons. The van der Waals surface area contributed by atoms with Crippen molar-refractivity contribution in [3.05, 3.63) is 72.4 Å². The van der Waals surface area contributed by atoms with Gasteiger partial charge in [0, 0.05) is 37.8 Å². The Morgan fingerprint density at radius 3 is 2.59 bits per heavy atom. The summed E-state index contributed by atoms with van der Waals surface area (Å²) in [5.74, 6) is 0.757. The van der Waals surface area contributed by atoms with Crippen LogP contribution in [0.4, 0.5) is 4.39 Å². The molecule has 2 N–H and O–H groups in total. The molecule has 4 rings (SSSR count). The van der Waals surface area contributed by atoms with Crippen LogP contribution in [-0.4, -0.2) is 31.3 Å². The molecule has 4 aromatic rings. The Bertz CT molecular complexity index is 1110. The molecule has 3 aromatic heterocycles. The third kappa shape index (κ3) is 4.12. The zero-order valence-corrected chi connectivity index (χ0v) is 15.8. The lowest BCUT2D eigenvalue weighted by molar-refractivity contribution is 0.428. The molecule has 0 saturated carbocycles. The molecule has 0 atom stereocenters. The van der Waals surface area contributed by atoms with Crippen molar-refractivity contribution in [1.29, 1.82) is 0 Å². The molecule has 0 saturated heterocycles. The smallest absolute Gasteiger partial charge is 0.218 e. The Balaban J connectivity index is 1.67. The van der Waals surface area contributed by atoms with Gasteiger partial charge < -0.3 is 10.5 Å². The highest BCUT2D eigenvalue weighted by molar-refractivity contribution is 5.65. The number of aryl methyl sites for hydroxylation is 1. The van der Waals surface area contributed by atoms with Crippen LogP contribution in [0.3, 0.4) is 0 Å². The number of hydrogen-bond acceptors (Lipinski definition) is 6. The van der Waals surface area contributed by atoms with Gasteiger partial charge in [-0.3, -0.25) is 4.98 Å². The fourth-order valence-electron chi connectivity index (χ4n) is 2.85. The average molecular weight is 390 g/mol. The van der Waals surface area contributed by atoms with Crippen LogP contribution in [0, 0.1) is 5.82 Å². The number of ether oxygens (including phenoxy) is 1. The van der Waals surface area contributed by atoms with Gasteiger partial charge in [0.1, 0.15) is 17.3 Å². The number of pyridine rings is 1. The normalized spacial score (nSPS) is 10.9. The second-order valence-corrected chi connectivity index (χ2v) is 6.40. The first kappa shape index (κ1) is 18.7. The van der Waals surface area contributed by atoms with E-state index in [2.05, 4.69) is 20.1 Å². The summed E-state index contributed by atoms with van der Waals surface area (Å²) in [5, 5.41) is 4.43. The molecule has 7 nitrogen and oxygen atoms in total. The molecule has 29 heavy (non-hydrogen) atoms. The van der Waals surface area contributed by atoms with Crippen molar-refractivity contribution in [2.75, 3.05) is 6.54 Å². The van der Waals surface area contributed by atoms with Gasteiger partial charge in [-0.05, 0) is 42.8 Å². The highest BCUT2D eigenvalue weighted by Gasteiger charge is 2.15. The quantitative estimate of drug-likeness (QED) is 0.543. The van der Waals surface area contributed by atoms with Crippen LogP contribution >= 0.6 is 0 Å². The van der Waals surface area contributed by atoms with E-state index >= 15 is 0 Å². The van der Waals surface area contributed by atoms with E-state index in [1.165, 1.54) is 12.1 Å². The Labute approximate surface area is 167 Å². The lowest BCUT2D eigenvalue weighted by atomic mass is 10.1. The minimum absolute atomic E-state index is 0.298. The predicted molar refractivity (Wildman–Crippen MR) is 107 cm³/mol. The van der Waals surface area contributed by atoms with Gasteiger partial charge in [0.05, 0.1) is 11.3 Å². The molecule has 0 fully saturated rings. The lowest BCUT2D eigenvalue weighted by Crippen LogP contribution is -2.04. The van der Waals surface area contributed by atoms with E-state index in [1.54, 1.807) is 42.5 Å². The van der Waals surface area contributed by atoms with E-state index < -0.39 is 5.82 Å². The van der Waals surface area contributed by atoms with Gasteiger partial charge in [-0.2, -0.15) is 5.10 Å². The largest absolute Gasteiger partial charge is 0.438 e. The number of halogens is 1. The van der Waals surface area contributed by atoms with E-state index in [0.717, 1.165) is 11.3 Å². The van der Waals surface area contributed by atoms with Crippen LogP contribution in [0.25, 0.3) is 22.8 Å². The van der Waals surface area contributed by atoms with Gasteiger partial charge >= 0.3 is 0 Å². The Kier molecular flexibility index (Phi) is 5.26. The molecule has 0 spiro atoms. The van der Waals surface area contributed by atoms with Crippen molar-refractivity contribution in [3.8, 4) is 34.4 Å². The van der Waals surface area contributed by atoms with Crippen molar-refractivity contribution < 1.29 is 9.13 Å². The van der Waals surface area contributed by atoms with Gasteiger partial charge in [0.2, 0.25) is 5.88 Å². The predicted octanol–water partition coefficient (Wildman–Crippen LogP) is 3.37. The van der Waals surface area contributed by atoms with Crippen LogP contribution in [0.1, 0.15) is 5.56 Å². The van der Waals surface area contributed by atoms with E-state index in [1.807, 2.05) is 18.2 Å². The SMILES string of the molecule is Cn1nc(-c2ccccn2)cc1Oc1cc(F)ccc1-c1ncc(CCN)cn1. The molecule has 3 heterocycles. The molecule has 1 aromatic carbocycles. The summed E-state index contributed by atoms with van der Waals surface area (Å²) < 4.78 is 21.5. The molecule has 0 aliphatic carbocycles. The second kappa shape index (κ2) is 8.15. The second-order valence-electron chi connectivity index (χ2n) is 6.40. The first-order valence-electron chi connectivity index (χ1n) is 9.08. The Morgan fingerprint density at radius 1 is 1.03 bits per heavy atom. The number of nitrogens with two attached hydrogens (primary N) is 1. The number of hydrogen-bond donors (Lipinski definition) is 1. The van der Waals surface area contributed by atoms with E-state index in [9.17, 15) is 4.39 Å². The maximum absolute atomic E-state index is 13.9. The Morgan fingerprint density at radius 2 is 1.86 bits per heavy atom. The van der Waals surface area contributed by atoms with Crippen LogP contribution in [-0.2, 0) is 13.5 Å². The van der Waals surface area contributed by atoms with Crippen molar-refractivity contribution in [2.45, 2.75) is 6.42 Å². The van der Waals surface area contributed by atoms with E-state index in [-0.39, 0.29) is 0 Å². The fourth-order valence-corrected chi connectivity index (χ4v) is 2.85. The maximum atomic E-state index is 13.9.